The molecule has 0 aliphatic carbocycles. The van der Waals surface area contributed by atoms with Gasteiger partial charge in [0.05, 0.1) is 18.6 Å². The number of amides is 1. The highest BCUT2D eigenvalue weighted by Gasteiger charge is 2.27. The molecule has 1 aliphatic rings. The van der Waals surface area contributed by atoms with Crippen LogP contribution >= 0.6 is 0 Å². The van der Waals surface area contributed by atoms with Gasteiger partial charge in [0, 0.05) is 45.3 Å². The van der Waals surface area contributed by atoms with Gasteiger partial charge in [-0.15, -0.1) is 0 Å². The van der Waals surface area contributed by atoms with Crippen LogP contribution in [0.1, 0.15) is 33.2 Å². The molecular weight excluding hydrogens is 399 g/mol. The lowest BCUT2D eigenvalue weighted by molar-refractivity contribution is 0.0714. The Kier molecular flexibility index (Phi) is 6.27. The van der Waals surface area contributed by atoms with Gasteiger partial charge in [-0.2, -0.15) is 0 Å². The number of aryl methyl sites for hydroxylation is 1. The van der Waals surface area contributed by atoms with Gasteiger partial charge in [0.2, 0.25) is 0 Å². The van der Waals surface area contributed by atoms with Crippen molar-refractivity contribution in [2.75, 3.05) is 38.2 Å². The summed E-state index contributed by atoms with van der Waals surface area (Å²) in [5.74, 6) is 1.37. The molecule has 1 saturated heterocycles. The summed E-state index contributed by atoms with van der Waals surface area (Å²) in [4.78, 5) is 25.7. The molecule has 0 spiro atoms. The van der Waals surface area contributed by atoms with Crippen LogP contribution in [-0.4, -0.2) is 54.1 Å². The quantitative estimate of drug-likeness (QED) is 0.605. The van der Waals surface area contributed by atoms with Crippen molar-refractivity contribution in [3.8, 4) is 0 Å². The molecule has 4 rings (SSSR count). The molecule has 2 aromatic heterocycles. The smallest absolute Gasteiger partial charge is 0.289 e. The molecule has 0 unspecified atom stereocenters. The molecule has 0 saturated carbocycles. The maximum Gasteiger partial charge on any atom is 0.289 e. The van der Waals surface area contributed by atoms with Gasteiger partial charge in [0.15, 0.2) is 5.76 Å². The summed E-state index contributed by atoms with van der Waals surface area (Å²) in [7, 11) is 1.61. The number of carbonyl (C=O) groups is 1. The average molecular weight is 424 g/mol. The second-order valence-corrected chi connectivity index (χ2v) is 7.48. The number of hydrogen-bond acceptors (Lipinski definition) is 6. The number of rotatable bonds is 6. The number of methoxy groups -OCH3 is 1. The summed E-state index contributed by atoms with van der Waals surface area (Å²) in [6.45, 7) is 4.46. The number of anilines is 1. The van der Waals surface area contributed by atoms with E-state index in [1.807, 2.05) is 13.0 Å². The number of carbonyl (C=O) groups excluding carboxylic acids is 1. The number of piperazine rings is 1. The normalized spacial score (nSPS) is 14.2. The predicted molar refractivity (Wildman–Crippen MR) is 114 cm³/mol. The predicted octanol–water partition coefficient (Wildman–Crippen LogP) is 3.22. The van der Waals surface area contributed by atoms with Crippen molar-refractivity contribution in [3.63, 3.8) is 0 Å². The fourth-order valence-corrected chi connectivity index (χ4v) is 3.85. The molecule has 0 radical (unpaired) electrons. The average Bonchev–Trinajstić information content (AvgIpc) is 3.31. The largest absolute Gasteiger partial charge is 0.459 e. The summed E-state index contributed by atoms with van der Waals surface area (Å²) in [6.07, 6.45) is 1.87. The van der Waals surface area contributed by atoms with Crippen LogP contribution in [0.3, 0.4) is 0 Å². The molecule has 1 amide bonds. The standard InChI is InChI=1S/C23H25FN4O3/c1-16-25-20(15-30-2)18(14-17-6-3-4-7-19(17)24)22(26-16)27-9-11-28(12-10-27)23(29)21-8-5-13-31-21/h3-8,13H,9-12,14-15H2,1-2H3. The Morgan fingerprint density at radius 1 is 1.13 bits per heavy atom. The molecule has 0 N–H and O–H groups in total. The maximum atomic E-state index is 14.4. The van der Waals surface area contributed by atoms with Gasteiger partial charge in [0.25, 0.3) is 5.91 Å². The number of aromatic nitrogens is 2. The van der Waals surface area contributed by atoms with E-state index >= 15 is 0 Å². The number of benzene rings is 1. The summed E-state index contributed by atoms with van der Waals surface area (Å²) in [5, 5.41) is 0. The van der Waals surface area contributed by atoms with Crippen molar-refractivity contribution < 1.29 is 18.3 Å². The number of hydrogen-bond donors (Lipinski definition) is 0. The molecule has 3 heterocycles. The van der Waals surface area contributed by atoms with Gasteiger partial charge in [0.1, 0.15) is 17.5 Å². The van der Waals surface area contributed by atoms with Gasteiger partial charge in [-0.25, -0.2) is 14.4 Å². The lowest BCUT2D eigenvalue weighted by Crippen LogP contribution is -2.49. The van der Waals surface area contributed by atoms with Crippen LogP contribution < -0.4 is 4.90 Å². The first-order valence-electron chi connectivity index (χ1n) is 10.2. The summed E-state index contributed by atoms with van der Waals surface area (Å²) in [5.41, 5.74) is 2.19. The van der Waals surface area contributed by atoms with E-state index < -0.39 is 0 Å². The molecule has 8 heteroatoms. The van der Waals surface area contributed by atoms with Crippen LogP contribution in [0.15, 0.2) is 47.1 Å². The Labute approximate surface area is 180 Å². The van der Waals surface area contributed by atoms with E-state index in [0.717, 1.165) is 17.1 Å². The third-order valence-corrected chi connectivity index (χ3v) is 5.39. The minimum Gasteiger partial charge on any atom is -0.459 e. The van der Waals surface area contributed by atoms with Crippen molar-refractivity contribution in [2.45, 2.75) is 20.0 Å². The number of furan rings is 1. The summed E-state index contributed by atoms with van der Waals surface area (Å²) in [6, 6.07) is 10.1. The second-order valence-electron chi connectivity index (χ2n) is 7.48. The Balaban J connectivity index is 1.60. The molecule has 162 valence electrons. The Morgan fingerprint density at radius 2 is 1.90 bits per heavy atom. The second kappa shape index (κ2) is 9.26. The zero-order valence-corrected chi connectivity index (χ0v) is 17.7. The zero-order valence-electron chi connectivity index (χ0n) is 17.7. The highest BCUT2D eigenvalue weighted by molar-refractivity contribution is 5.91. The molecule has 7 nitrogen and oxygen atoms in total. The molecule has 0 bridgehead atoms. The monoisotopic (exact) mass is 424 g/mol. The lowest BCUT2D eigenvalue weighted by atomic mass is 10.0. The van der Waals surface area contributed by atoms with E-state index in [0.29, 0.717) is 56.4 Å². The molecule has 31 heavy (non-hydrogen) atoms. The first-order valence-corrected chi connectivity index (χ1v) is 10.2. The number of ether oxygens (including phenoxy) is 1. The summed E-state index contributed by atoms with van der Waals surface area (Å²) >= 11 is 0. The summed E-state index contributed by atoms with van der Waals surface area (Å²) < 4.78 is 25.0. The van der Waals surface area contributed by atoms with E-state index in [4.69, 9.17) is 14.1 Å². The molecule has 1 aromatic carbocycles. The van der Waals surface area contributed by atoms with Crippen LogP contribution in [-0.2, 0) is 17.8 Å². The van der Waals surface area contributed by atoms with Crippen LogP contribution in [0.5, 0.6) is 0 Å². The Bertz CT molecular complexity index is 1050. The molecular formula is C23H25FN4O3. The maximum absolute atomic E-state index is 14.4. The van der Waals surface area contributed by atoms with Crippen molar-refractivity contribution >= 4 is 11.7 Å². The highest BCUT2D eigenvalue weighted by atomic mass is 19.1. The van der Waals surface area contributed by atoms with E-state index in [1.54, 1.807) is 36.3 Å². The fourth-order valence-electron chi connectivity index (χ4n) is 3.85. The first-order chi connectivity index (χ1) is 15.1. The van der Waals surface area contributed by atoms with Crippen LogP contribution in [0, 0.1) is 12.7 Å². The van der Waals surface area contributed by atoms with Crippen LogP contribution in [0.25, 0.3) is 0 Å². The van der Waals surface area contributed by atoms with E-state index in [1.165, 1.54) is 12.3 Å². The Hall–Kier alpha value is -3.26. The molecule has 1 fully saturated rings. The fraction of sp³-hybridized carbons (Fsp3) is 0.348. The minimum absolute atomic E-state index is 0.116. The Morgan fingerprint density at radius 3 is 2.58 bits per heavy atom. The van der Waals surface area contributed by atoms with E-state index in [9.17, 15) is 9.18 Å². The highest BCUT2D eigenvalue weighted by Crippen LogP contribution is 2.27. The van der Waals surface area contributed by atoms with Gasteiger partial charge >= 0.3 is 0 Å². The molecule has 1 aliphatic heterocycles. The van der Waals surface area contributed by atoms with Crippen LogP contribution in [0.4, 0.5) is 10.2 Å². The van der Waals surface area contributed by atoms with Gasteiger partial charge < -0.3 is 19.0 Å². The number of nitrogens with zero attached hydrogens (tertiary/aromatic N) is 4. The SMILES string of the molecule is COCc1nc(C)nc(N2CCN(C(=O)c3ccco3)CC2)c1Cc1ccccc1F. The van der Waals surface area contributed by atoms with Crippen molar-refractivity contribution in [3.05, 3.63) is 76.9 Å². The van der Waals surface area contributed by atoms with Gasteiger partial charge in [-0.3, -0.25) is 4.79 Å². The molecule has 3 aromatic rings. The van der Waals surface area contributed by atoms with Gasteiger partial charge in [-0.05, 0) is 30.7 Å². The minimum atomic E-state index is -0.258. The van der Waals surface area contributed by atoms with E-state index in [-0.39, 0.29) is 11.7 Å². The molecule has 0 atom stereocenters. The third-order valence-electron chi connectivity index (χ3n) is 5.39. The lowest BCUT2D eigenvalue weighted by Gasteiger charge is -2.36. The number of halogens is 1. The van der Waals surface area contributed by atoms with E-state index in [2.05, 4.69) is 9.88 Å². The van der Waals surface area contributed by atoms with Crippen molar-refractivity contribution in [1.82, 2.24) is 14.9 Å². The first kappa shape index (κ1) is 21.0. The van der Waals surface area contributed by atoms with Crippen molar-refractivity contribution in [2.24, 2.45) is 0 Å². The topological polar surface area (TPSA) is 71.7 Å². The van der Waals surface area contributed by atoms with Gasteiger partial charge in [-0.1, -0.05) is 18.2 Å². The third kappa shape index (κ3) is 4.59. The van der Waals surface area contributed by atoms with Crippen molar-refractivity contribution in [1.29, 1.82) is 0 Å². The van der Waals surface area contributed by atoms with Crippen LogP contribution in [0.2, 0.25) is 0 Å². The zero-order chi connectivity index (χ0) is 21.8.